The van der Waals surface area contributed by atoms with E-state index in [4.69, 9.17) is 0 Å². The highest BCUT2D eigenvalue weighted by Gasteiger charge is 2.18. The van der Waals surface area contributed by atoms with E-state index in [2.05, 4.69) is 19.9 Å². The van der Waals surface area contributed by atoms with Crippen LogP contribution in [0.15, 0.2) is 29.7 Å². The zero-order valence-corrected chi connectivity index (χ0v) is 9.69. The van der Waals surface area contributed by atoms with Crippen LogP contribution in [0, 0.1) is 0 Å². The molecule has 7 heteroatoms. The Morgan fingerprint density at radius 1 is 1.24 bits per heavy atom. The molecular formula is C10H8N4O2S. The SMILES string of the molecule is CS(=O)(=O)c1nc2cccnc2c2[nH]cnc12. The molecule has 0 unspecified atom stereocenters. The summed E-state index contributed by atoms with van der Waals surface area (Å²) in [7, 11) is -3.41. The van der Waals surface area contributed by atoms with Crippen molar-refractivity contribution in [2.45, 2.75) is 5.03 Å². The summed E-state index contributed by atoms with van der Waals surface area (Å²) in [5.74, 6) is 0. The molecule has 86 valence electrons. The smallest absolute Gasteiger partial charge is 0.195 e. The maximum Gasteiger partial charge on any atom is 0.195 e. The first-order valence-corrected chi connectivity index (χ1v) is 6.74. The molecule has 0 saturated carbocycles. The summed E-state index contributed by atoms with van der Waals surface area (Å²) in [5, 5.41) is -0.0192. The zero-order valence-electron chi connectivity index (χ0n) is 8.88. The van der Waals surface area contributed by atoms with Crippen LogP contribution in [-0.2, 0) is 9.84 Å². The number of nitrogens with one attached hydrogen (secondary N) is 1. The van der Waals surface area contributed by atoms with E-state index in [9.17, 15) is 8.42 Å². The molecule has 0 saturated heterocycles. The molecule has 17 heavy (non-hydrogen) atoms. The van der Waals surface area contributed by atoms with Gasteiger partial charge in [0.1, 0.15) is 11.0 Å². The van der Waals surface area contributed by atoms with Crippen molar-refractivity contribution in [2.75, 3.05) is 6.26 Å². The minimum Gasteiger partial charge on any atom is -0.343 e. The maximum absolute atomic E-state index is 11.7. The number of imidazole rings is 1. The second-order valence-electron chi connectivity index (χ2n) is 3.69. The van der Waals surface area contributed by atoms with Gasteiger partial charge in [-0.25, -0.2) is 18.4 Å². The van der Waals surface area contributed by atoms with Gasteiger partial charge < -0.3 is 4.98 Å². The topological polar surface area (TPSA) is 88.6 Å². The van der Waals surface area contributed by atoms with Gasteiger partial charge in [0, 0.05) is 12.5 Å². The highest BCUT2D eigenvalue weighted by molar-refractivity contribution is 7.90. The lowest BCUT2D eigenvalue weighted by Gasteiger charge is -2.02. The summed E-state index contributed by atoms with van der Waals surface area (Å²) in [6, 6.07) is 3.43. The molecule has 0 amide bonds. The minimum absolute atomic E-state index is 0.0192. The summed E-state index contributed by atoms with van der Waals surface area (Å²) in [5.41, 5.74) is 2.08. The van der Waals surface area contributed by atoms with Gasteiger partial charge in [-0.3, -0.25) is 4.98 Å². The molecule has 0 radical (unpaired) electrons. The molecule has 6 nitrogen and oxygen atoms in total. The zero-order chi connectivity index (χ0) is 12.0. The van der Waals surface area contributed by atoms with Crippen molar-refractivity contribution in [3.05, 3.63) is 24.7 Å². The lowest BCUT2D eigenvalue weighted by Crippen LogP contribution is -2.02. The Kier molecular flexibility index (Phi) is 1.93. The highest BCUT2D eigenvalue weighted by atomic mass is 32.2. The molecule has 0 fully saturated rings. The number of H-pyrrole nitrogens is 1. The van der Waals surface area contributed by atoms with Gasteiger partial charge in [-0.2, -0.15) is 0 Å². The molecule has 1 N–H and O–H groups in total. The van der Waals surface area contributed by atoms with Crippen LogP contribution < -0.4 is 0 Å². The number of hydrogen-bond donors (Lipinski definition) is 1. The maximum atomic E-state index is 11.7. The minimum atomic E-state index is -3.41. The van der Waals surface area contributed by atoms with E-state index in [0.717, 1.165) is 6.26 Å². The van der Waals surface area contributed by atoms with Crippen LogP contribution >= 0.6 is 0 Å². The number of nitrogens with zero attached hydrogens (tertiary/aromatic N) is 3. The molecular weight excluding hydrogens is 240 g/mol. The lowest BCUT2D eigenvalue weighted by molar-refractivity contribution is 0.599. The Balaban J connectivity index is 2.62. The third-order valence-corrected chi connectivity index (χ3v) is 3.43. The predicted molar refractivity (Wildman–Crippen MR) is 62.3 cm³/mol. The molecule has 0 aliphatic rings. The van der Waals surface area contributed by atoms with Gasteiger partial charge in [-0.15, -0.1) is 0 Å². The van der Waals surface area contributed by atoms with Gasteiger partial charge in [-0.05, 0) is 12.1 Å². The van der Waals surface area contributed by atoms with Crippen LogP contribution in [0.4, 0.5) is 0 Å². The van der Waals surface area contributed by atoms with Crippen molar-refractivity contribution in [3.63, 3.8) is 0 Å². The van der Waals surface area contributed by atoms with Crippen molar-refractivity contribution >= 4 is 31.9 Å². The standard InChI is InChI=1S/C10H8N4O2S/c1-17(15,16)10-9-8(12-5-13-9)7-6(14-10)3-2-4-11-7/h2-5H,1H3,(H,12,13). The number of rotatable bonds is 1. The number of hydrogen-bond acceptors (Lipinski definition) is 5. The van der Waals surface area contributed by atoms with Crippen molar-refractivity contribution in [1.82, 2.24) is 19.9 Å². The summed E-state index contributed by atoms with van der Waals surface area (Å²) < 4.78 is 23.3. The van der Waals surface area contributed by atoms with Crippen LogP contribution in [0.3, 0.4) is 0 Å². The van der Waals surface area contributed by atoms with E-state index in [1.165, 1.54) is 6.33 Å². The second-order valence-corrected chi connectivity index (χ2v) is 5.62. The molecule has 0 bridgehead atoms. The average Bonchev–Trinajstić information content (AvgIpc) is 2.75. The number of aromatic amines is 1. The summed E-state index contributed by atoms with van der Waals surface area (Å²) in [4.78, 5) is 15.2. The van der Waals surface area contributed by atoms with Gasteiger partial charge in [0.15, 0.2) is 14.9 Å². The third-order valence-electron chi connectivity index (χ3n) is 2.44. The molecule has 0 aromatic carbocycles. The Hall–Kier alpha value is -2.02. The van der Waals surface area contributed by atoms with Crippen molar-refractivity contribution < 1.29 is 8.42 Å². The van der Waals surface area contributed by atoms with Gasteiger partial charge in [0.2, 0.25) is 0 Å². The third kappa shape index (κ3) is 1.47. The average molecular weight is 248 g/mol. The van der Waals surface area contributed by atoms with E-state index in [-0.39, 0.29) is 5.03 Å². The molecule has 0 atom stereocenters. The van der Waals surface area contributed by atoms with Gasteiger partial charge in [0.25, 0.3) is 0 Å². The molecule has 3 rings (SSSR count). The van der Waals surface area contributed by atoms with Crippen LogP contribution in [0.25, 0.3) is 22.1 Å². The lowest BCUT2D eigenvalue weighted by atomic mass is 10.3. The summed E-state index contributed by atoms with van der Waals surface area (Å²) in [6.07, 6.45) is 4.19. The van der Waals surface area contributed by atoms with Gasteiger partial charge in [-0.1, -0.05) is 0 Å². The largest absolute Gasteiger partial charge is 0.343 e. The van der Waals surface area contributed by atoms with Crippen molar-refractivity contribution in [3.8, 4) is 0 Å². The van der Waals surface area contributed by atoms with E-state index in [0.29, 0.717) is 22.1 Å². The van der Waals surface area contributed by atoms with E-state index >= 15 is 0 Å². The van der Waals surface area contributed by atoms with E-state index in [1.807, 2.05) is 0 Å². The first kappa shape index (κ1) is 10.2. The predicted octanol–water partition coefficient (Wildman–Crippen LogP) is 0.910. The van der Waals surface area contributed by atoms with Gasteiger partial charge in [0.05, 0.1) is 17.4 Å². The molecule has 0 aliphatic carbocycles. The number of fused-ring (bicyclic) bond motifs is 3. The quantitative estimate of drug-likeness (QED) is 0.691. The van der Waals surface area contributed by atoms with Crippen LogP contribution in [-0.4, -0.2) is 34.6 Å². The monoisotopic (exact) mass is 248 g/mol. The number of pyridine rings is 2. The summed E-state index contributed by atoms with van der Waals surface area (Å²) in [6.45, 7) is 0. The molecule has 3 heterocycles. The molecule has 3 aromatic rings. The van der Waals surface area contributed by atoms with Crippen LogP contribution in [0.1, 0.15) is 0 Å². The fraction of sp³-hybridized carbons (Fsp3) is 0.100. The first-order chi connectivity index (χ1) is 8.07. The summed E-state index contributed by atoms with van der Waals surface area (Å²) >= 11 is 0. The van der Waals surface area contributed by atoms with Gasteiger partial charge >= 0.3 is 0 Å². The fourth-order valence-corrected chi connectivity index (χ4v) is 2.51. The number of aromatic nitrogens is 4. The second kappa shape index (κ2) is 3.24. The van der Waals surface area contributed by atoms with Crippen LogP contribution in [0.5, 0.6) is 0 Å². The Labute approximate surface area is 96.7 Å². The van der Waals surface area contributed by atoms with Crippen molar-refractivity contribution in [1.29, 1.82) is 0 Å². The van der Waals surface area contributed by atoms with E-state index < -0.39 is 9.84 Å². The molecule has 0 aliphatic heterocycles. The van der Waals surface area contributed by atoms with Crippen LogP contribution in [0.2, 0.25) is 0 Å². The van der Waals surface area contributed by atoms with E-state index in [1.54, 1.807) is 18.3 Å². The first-order valence-electron chi connectivity index (χ1n) is 4.85. The normalized spacial score (nSPS) is 12.3. The van der Waals surface area contributed by atoms with Crippen molar-refractivity contribution in [2.24, 2.45) is 0 Å². The Morgan fingerprint density at radius 3 is 2.82 bits per heavy atom. The molecule has 3 aromatic heterocycles. The Morgan fingerprint density at radius 2 is 2.06 bits per heavy atom. The molecule has 0 spiro atoms. The Bertz CT molecular complexity index is 823. The highest BCUT2D eigenvalue weighted by Crippen LogP contribution is 2.24. The number of sulfone groups is 1. The fourth-order valence-electron chi connectivity index (χ4n) is 1.74.